The van der Waals surface area contributed by atoms with Crippen molar-refractivity contribution in [3.63, 3.8) is 0 Å². The van der Waals surface area contributed by atoms with E-state index in [1.54, 1.807) is 0 Å². The fourth-order valence-corrected chi connectivity index (χ4v) is 1.20. The van der Waals surface area contributed by atoms with Gasteiger partial charge in [0.05, 0.1) is 18.7 Å². The first-order valence-electron chi connectivity index (χ1n) is 3.58. The number of aliphatic hydroxyl groups is 1. The van der Waals surface area contributed by atoms with E-state index in [0.29, 0.717) is 12.5 Å². The van der Waals surface area contributed by atoms with Gasteiger partial charge in [0.15, 0.2) is 0 Å². The molecule has 0 amide bonds. The normalized spacial score (nSPS) is 30.8. The van der Waals surface area contributed by atoms with Gasteiger partial charge in [-0.2, -0.15) is 5.26 Å². The third-order valence-electron chi connectivity index (χ3n) is 1.85. The van der Waals surface area contributed by atoms with Crippen molar-refractivity contribution in [2.75, 3.05) is 13.1 Å². The van der Waals surface area contributed by atoms with Gasteiger partial charge in [-0.1, -0.05) is 0 Å². The van der Waals surface area contributed by atoms with Crippen molar-refractivity contribution < 1.29 is 5.11 Å². The summed E-state index contributed by atoms with van der Waals surface area (Å²) < 4.78 is 0. The molecular weight excluding hydrogens is 128 g/mol. The van der Waals surface area contributed by atoms with E-state index in [-0.39, 0.29) is 6.10 Å². The van der Waals surface area contributed by atoms with E-state index in [9.17, 15) is 0 Å². The molecule has 0 atom stereocenters. The highest BCUT2D eigenvalue weighted by atomic mass is 16.3. The van der Waals surface area contributed by atoms with Crippen LogP contribution in [0, 0.1) is 17.2 Å². The van der Waals surface area contributed by atoms with Crippen LogP contribution in [0.5, 0.6) is 0 Å². The molecule has 0 saturated heterocycles. The van der Waals surface area contributed by atoms with Crippen LogP contribution in [0.4, 0.5) is 0 Å². The number of nitrogens with one attached hydrogen (secondary N) is 1. The quantitative estimate of drug-likeness (QED) is 0.424. The highest BCUT2D eigenvalue weighted by Crippen LogP contribution is 2.25. The molecule has 0 aromatic rings. The summed E-state index contributed by atoms with van der Waals surface area (Å²) in [6.07, 6.45) is 1.73. The molecule has 1 rings (SSSR count). The molecule has 3 nitrogen and oxygen atoms in total. The third kappa shape index (κ3) is 1.98. The molecule has 0 aromatic carbocycles. The Bertz CT molecular complexity index is 135. The first-order chi connectivity index (χ1) is 4.83. The van der Waals surface area contributed by atoms with Crippen molar-refractivity contribution in [3.05, 3.63) is 0 Å². The maximum Gasteiger partial charge on any atom is 0.0841 e. The number of hydrogen-bond acceptors (Lipinski definition) is 3. The smallest absolute Gasteiger partial charge is 0.0841 e. The van der Waals surface area contributed by atoms with Crippen molar-refractivity contribution in [3.8, 4) is 6.07 Å². The van der Waals surface area contributed by atoms with Crippen molar-refractivity contribution in [1.82, 2.24) is 5.32 Å². The number of nitriles is 1. The number of rotatable bonds is 3. The molecular formula is C7H12N2O. The van der Waals surface area contributed by atoms with E-state index in [1.165, 1.54) is 0 Å². The SMILES string of the molecule is N#CCNCC1CC(O)C1. The molecule has 2 N–H and O–H groups in total. The second-order valence-electron chi connectivity index (χ2n) is 2.78. The Kier molecular flexibility index (Phi) is 2.67. The standard InChI is InChI=1S/C7H12N2O/c8-1-2-9-5-6-3-7(10)4-6/h6-7,9-10H,2-5H2. The van der Waals surface area contributed by atoms with E-state index < -0.39 is 0 Å². The van der Waals surface area contributed by atoms with Crippen LogP contribution in [0.1, 0.15) is 12.8 Å². The lowest BCUT2D eigenvalue weighted by atomic mass is 9.82. The van der Waals surface area contributed by atoms with Crippen molar-refractivity contribution >= 4 is 0 Å². The maximum atomic E-state index is 8.88. The van der Waals surface area contributed by atoms with Crippen LogP contribution in [0.15, 0.2) is 0 Å². The van der Waals surface area contributed by atoms with Gasteiger partial charge in [-0.05, 0) is 25.3 Å². The van der Waals surface area contributed by atoms with E-state index >= 15 is 0 Å². The van der Waals surface area contributed by atoms with Gasteiger partial charge in [-0.15, -0.1) is 0 Å². The van der Waals surface area contributed by atoms with Crippen LogP contribution >= 0.6 is 0 Å². The molecule has 1 saturated carbocycles. The molecule has 0 unspecified atom stereocenters. The van der Waals surface area contributed by atoms with E-state index in [2.05, 4.69) is 5.32 Å². The minimum Gasteiger partial charge on any atom is -0.393 e. The molecule has 1 aliphatic rings. The summed E-state index contributed by atoms with van der Waals surface area (Å²) in [7, 11) is 0. The Labute approximate surface area is 60.7 Å². The lowest BCUT2D eigenvalue weighted by Gasteiger charge is -2.31. The Morgan fingerprint density at radius 2 is 2.30 bits per heavy atom. The number of hydrogen-bond donors (Lipinski definition) is 2. The third-order valence-corrected chi connectivity index (χ3v) is 1.85. The summed E-state index contributed by atoms with van der Waals surface area (Å²) in [5.74, 6) is 0.600. The highest BCUT2D eigenvalue weighted by Gasteiger charge is 2.26. The fraction of sp³-hybridized carbons (Fsp3) is 0.857. The Morgan fingerprint density at radius 3 is 2.80 bits per heavy atom. The summed E-state index contributed by atoms with van der Waals surface area (Å²) >= 11 is 0. The van der Waals surface area contributed by atoms with Crippen molar-refractivity contribution in [1.29, 1.82) is 5.26 Å². The Hall–Kier alpha value is -0.590. The molecule has 1 fully saturated rings. The largest absolute Gasteiger partial charge is 0.393 e. The average molecular weight is 140 g/mol. The molecule has 10 heavy (non-hydrogen) atoms. The summed E-state index contributed by atoms with van der Waals surface area (Å²) in [5.41, 5.74) is 0. The Morgan fingerprint density at radius 1 is 1.60 bits per heavy atom. The van der Waals surface area contributed by atoms with Gasteiger partial charge in [-0.3, -0.25) is 0 Å². The zero-order valence-corrected chi connectivity index (χ0v) is 5.88. The van der Waals surface area contributed by atoms with Crippen LogP contribution in [0.25, 0.3) is 0 Å². The monoisotopic (exact) mass is 140 g/mol. The summed E-state index contributed by atoms with van der Waals surface area (Å²) in [5, 5.41) is 20.0. The van der Waals surface area contributed by atoms with Crippen LogP contribution in [0.2, 0.25) is 0 Å². The van der Waals surface area contributed by atoms with Gasteiger partial charge >= 0.3 is 0 Å². The molecule has 0 bridgehead atoms. The number of aliphatic hydroxyl groups excluding tert-OH is 1. The second-order valence-corrected chi connectivity index (χ2v) is 2.78. The predicted molar refractivity (Wildman–Crippen MR) is 37.2 cm³/mol. The maximum absolute atomic E-state index is 8.88. The molecule has 0 aliphatic heterocycles. The molecule has 0 aromatic heterocycles. The van der Waals surface area contributed by atoms with Gasteiger partial charge < -0.3 is 10.4 Å². The summed E-state index contributed by atoms with van der Waals surface area (Å²) in [6, 6.07) is 2.01. The van der Waals surface area contributed by atoms with E-state index in [0.717, 1.165) is 19.4 Å². The van der Waals surface area contributed by atoms with E-state index in [1.807, 2.05) is 6.07 Å². The van der Waals surface area contributed by atoms with Crippen LogP contribution in [-0.2, 0) is 0 Å². The molecule has 0 radical (unpaired) electrons. The van der Waals surface area contributed by atoms with E-state index in [4.69, 9.17) is 10.4 Å². The lowest BCUT2D eigenvalue weighted by molar-refractivity contribution is 0.0436. The fourth-order valence-electron chi connectivity index (χ4n) is 1.20. The van der Waals surface area contributed by atoms with Crippen molar-refractivity contribution in [2.24, 2.45) is 5.92 Å². The van der Waals surface area contributed by atoms with Crippen LogP contribution in [-0.4, -0.2) is 24.3 Å². The van der Waals surface area contributed by atoms with Crippen LogP contribution < -0.4 is 5.32 Å². The van der Waals surface area contributed by atoms with Gasteiger partial charge in [0, 0.05) is 0 Å². The van der Waals surface area contributed by atoms with Gasteiger partial charge in [0.25, 0.3) is 0 Å². The molecule has 0 heterocycles. The van der Waals surface area contributed by atoms with Crippen molar-refractivity contribution in [2.45, 2.75) is 18.9 Å². The summed E-state index contributed by atoms with van der Waals surface area (Å²) in [6.45, 7) is 1.30. The Balaban J connectivity index is 1.91. The highest BCUT2D eigenvalue weighted by molar-refractivity contribution is 4.82. The average Bonchev–Trinajstić information content (AvgIpc) is 1.85. The second kappa shape index (κ2) is 3.55. The zero-order valence-electron chi connectivity index (χ0n) is 5.88. The minimum absolute atomic E-state index is 0.0751. The van der Waals surface area contributed by atoms with Gasteiger partial charge in [0.1, 0.15) is 0 Å². The lowest BCUT2D eigenvalue weighted by Crippen LogP contribution is -2.36. The minimum atomic E-state index is -0.0751. The predicted octanol–water partition coefficient (Wildman–Crippen LogP) is -0.130. The van der Waals surface area contributed by atoms with Gasteiger partial charge in [-0.25, -0.2) is 0 Å². The zero-order chi connectivity index (χ0) is 7.40. The molecule has 0 spiro atoms. The molecule has 56 valence electrons. The topological polar surface area (TPSA) is 56.0 Å². The summed E-state index contributed by atoms with van der Waals surface area (Å²) in [4.78, 5) is 0. The molecule has 3 heteroatoms. The van der Waals surface area contributed by atoms with Crippen LogP contribution in [0.3, 0.4) is 0 Å². The molecule has 1 aliphatic carbocycles. The number of nitrogens with zero attached hydrogens (tertiary/aromatic N) is 1. The first-order valence-corrected chi connectivity index (χ1v) is 3.58. The first kappa shape index (κ1) is 7.52. The van der Waals surface area contributed by atoms with Gasteiger partial charge in [0.2, 0.25) is 0 Å².